The number of amides is 1. The van der Waals surface area contributed by atoms with Crippen LogP contribution in [0.4, 0.5) is 0 Å². The van der Waals surface area contributed by atoms with Crippen LogP contribution in [0.3, 0.4) is 0 Å². The Morgan fingerprint density at radius 2 is 2.09 bits per heavy atom. The van der Waals surface area contributed by atoms with Gasteiger partial charge in [0.25, 0.3) is 5.91 Å². The molecule has 5 heteroatoms. The number of piperidine rings is 1. The largest absolute Gasteiger partial charge is 0.335 e. The van der Waals surface area contributed by atoms with Gasteiger partial charge in [0.05, 0.1) is 0 Å². The molecule has 126 valence electrons. The molecule has 3 saturated heterocycles. The van der Waals surface area contributed by atoms with Crippen molar-refractivity contribution in [2.75, 3.05) is 26.2 Å². The molecule has 4 fully saturated rings. The first-order valence-corrected chi connectivity index (χ1v) is 9.29. The summed E-state index contributed by atoms with van der Waals surface area (Å²) in [6, 6.07) is 2.43. The summed E-state index contributed by atoms with van der Waals surface area (Å²) >= 11 is 0. The quantitative estimate of drug-likeness (QED) is 0.855. The van der Waals surface area contributed by atoms with E-state index in [2.05, 4.69) is 14.9 Å². The van der Waals surface area contributed by atoms with Crippen LogP contribution in [0.5, 0.6) is 0 Å². The lowest BCUT2D eigenvalue weighted by atomic mass is 9.83. The lowest BCUT2D eigenvalue weighted by molar-refractivity contribution is 0.0706. The van der Waals surface area contributed by atoms with Gasteiger partial charge in [-0.15, -0.1) is 0 Å². The minimum Gasteiger partial charge on any atom is -0.335 e. The number of nitrogens with zero attached hydrogens (tertiary/aromatic N) is 4. The van der Waals surface area contributed by atoms with Crippen LogP contribution in [0.1, 0.15) is 49.5 Å². The van der Waals surface area contributed by atoms with Gasteiger partial charge in [-0.1, -0.05) is 6.42 Å². The summed E-state index contributed by atoms with van der Waals surface area (Å²) < 4.78 is 1.82. The average molecular weight is 316 g/mol. The molecule has 1 aromatic rings. The molecule has 5 rings (SSSR count). The number of aryl methyl sites for hydroxylation is 1. The molecule has 1 aromatic heterocycles. The highest BCUT2D eigenvalue weighted by molar-refractivity contribution is 5.92. The maximum absolute atomic E-state index is 13.0. The topological polar surface area (TPSA) is 41.4 Å². The molecule has 3 aliphatic heterocycles. The van der Waals surface area contributed by atoms with Crippen LogP contribution in [-0.2, 0) is 6.54 Å². The Kier molecular flexibility index (Phi) is 4.14. The third-order valence-corrected chi connectivity index (χ3v) is 6.07. The highest BCUT2D eigenvalue weighted by atomic mass is 16.2. The molecular weight excluding hydrogens is 288 g/mol. The SMILES string of the molecule is CCn1nccc1C(=O)N1C[C@@H]2CC[C@H](C1)N(CC1CCC1)C2. The minimum atomic E-state index is 0.173. The number of carbonyl (C=O) groups is 1. The maximum atomic E-state index is 13.0. The van der Waals surface area contributed by atoms with E-state index in [4.69, 9.17) is 0 Å². The van der Waals surface area contributed by atoms with E-state index < -0.39 is 0 Å². The maximum Gasteiger partial charge on any atom is 0.272 e. The number of aromatic nitrogens is 2. The van der Waals surface area contributed by atoms with E-state index in [9.17, 15) is 4.79 Å². The molecule has 2 atom stereocenters. The molecule has 1 aliphatic carbocycles. The van der Waals surface area contributed by atoms with Crippen LogP contribution in [-0.4, -0.2) is 57.7 Å². The third-order valence-electron chi connectivity index (χ3n) is 6.07. The Balaban J connectivity index is 1.47. The predicted octanol–water partition coefficient (Wildman–Crippen LogP) is 2.24. The zero-order valence-electron chi connectivity index (χ0n) is 14.2. The third kappa shape index (κ3) is 2.91. The number of fused-ring (bicyclic) bond motifs is 4. The molecule has 4 heterocycles. The van der Waals surface area contributed by atoms with E-state index in [0.29, 0.717) is 12.0 Å². The monoisotopic (exact) mass is 316 g/mol. The second kappa shape index (κ2) is 6.27. The van der Waals surface area contributed by atoms with Crippen molar-refractivity contribution in [2.24, 2.45) is 11.8 Å². The van der Waals surface area contributed by atoms with Crippen molar-refractivity contribution >= 4 is 5.91 Å². The lowest BCUT2D eigenvalue weighted by Gasteiger charge is -2.40. The molecule has 4 aliphatic rings. The molecular formula is C18H28N4O. The van der Waals surface area contributed by atoms with Gasteiger partial charge < -0.3 is 4.90 Å². The average Bonchev–Trinajstić information content (AvgIpc) is 2.82. The first kappa shape index (κ1) is 15.2. The minimum absolute atomic E-state index is 0.173. The summed E-state index contributed by atoms with van der Waals surface area (Å²) in [6.07, 6.45) is 8.51. The fourth-order valence-electron chi connectivity index (χ4n) is 4.50. The first-order chi connectivity index (χ1) is 11.2. The van der Waals surface area contributed by atoms with Crippen molar-refractivity contribution in [3.05, 3.63) is 18.0 Å². The van der Waals surface area contributed by atoms with E-state index in [1.807, 2.05) is 17.7 Å². The Labute approximate surface area is 138 Å². The normalized spacial score (nSPS) is 28.7. The highest BCUT2D eigenvalue weighted by Gasteiger charge is 2.38. The van der Waals surface area contributed by atoms with Crippen molar-refractivity contribution in [2.45, 2.75) is 51.6 Å². The molecule has 1 amide bonds. The number of carbonyl (C=O) groups excluding carboxylic acids is 1. The lowest BCUT2D eigenvalue weighted by Crippen LogP contribution is -2.47. The molecule has 5 nitrogen and oxygen atoms in total. The molecule has 1 saturated carbocycles. The van der Waals surface area contributed by atoms with E-state index in [1.54, 1.807) is 6.20 Å². The Morgan fingerprint density at radius 1 is 1.22 bits per heavy atom. The fraction of sp³-hybridized carbons (Fsp3) is 0.778. The van der Waals surface area contributed by atoms with Crippen molar-refractivity contribution in [1.29, 1.82) is 0 Å². The van der Waals surface area contributed by atoms with Crippen LogP contribution < -0.4 is 0 Å². The standard InChI is InChI=1S/C18H28N4O/c1-2-22-17(8-9-19-22)18(23)21-12-15-6-7-16(13-21)20(11-15)10-14-4-3-5-14/h8-9,14-16H,2-7,10-13H2,1H3/t15-,16-/m1/s1. The van der Waals surface area contributed by atoms with E-state index in [0.717, 1.165) is 31.2 Å². The van der Waals surface area contributed by atoms with Crippen molar-refractivity contribution in [3.8, 4) is 0 Å². The molecule has 23 heavy (non-hydrogen) atoms. The van der Waals surface area contributed by atoms with E-state index in [1.165, 1.54) is 45.2 Å². The molecule has 0 N–H and O–H groups in total. The van der Waals surface area contributed by atoms with Crippen molar-refractivity contribution in [1.82, 2.24) is 19.6 Å². The van der Waals surface area contributed by atoms with Crippen LogP contribution in [0, 0.1) is 11.8 Å². The van der Waals surface area contributed by atoms with Crippen LogP contribution in [0.2, 0.25) is 0 Å². The summed E-state index contributed by atoms with van der Waals surface area (Å²) in [5.41, 5.74) is 0.749. The summed E-state index contributed by atoms with van der Waals surface area (Å²) in [4.78, 5) is 17.8. The van der Waals surface area contributed by atoms with E-state index >= 15 is 0 Å². The van der Waals surface area contributed by atoms with Gasteiger partial charge in [0, 0.05) is 45.0 Å². The molecule has 0 aromatic carbocycles. The molecule has 0 spiro atoms. The van der Waals surface area contributed by atoms with Crippen molar-refractivity contribution < 1.29 is 4.79 Å². The van der Waals surface area contributed by atoms with Gasteiger partial charge in [-0.2, -0.15) is 5.10 Å². The van der Waals surface area contributed by atoms with Crippen LogP contribution in [0.25, 0.3) is 0 Å². The smallest absolute Gasteiger partial charge is 0.272 e. The van der Waals surface area contributed by atoms with Gasteiger partial charge in [-0.05, 0) is 50.5 Å². The molecule has 0 unspecified atom stereocenters. The molecule has 0 radical (unpaired) electrons. The summed E-state index contributed by atoms with van der Waals surface area (Å²) in [7, 11) is 0. The highest BCUT2D eigenvalue weighted by Crippen LogP contribution is 2.33. The van der Waals surface area contributed by atoms with Crippen LogP contribution >= 0.6 is 0 Å². The summed E-state index contributed by atoms with van der Waals surface area (Å²) in [6.45, 7) is 7.06. The second-order valence-electron chi connectivity index (χ2n) is 7.59. The Hall–Kier alpha value is -1.36. The zero-order chi connectivity index (χ0) is 15.8. The van der Waals surface area contributed by atoms with Gasteiger partial charge in [-0.25, -0.2) is 0 Å². The Morgan fingerprint density at radius 3 is 2.83 bits per heavy atom. The number of hydrogen-bond donors (Lipinski definition) is 0. The Bertz CT molecular complexity index is 565. The van der Waals surface area contributed by atoms with Crippen LogP contribution in [0.15, 0.2) is 12.3 Å². The predicted molar refractivity (Wildman–Crippen MR) is 89.2 cm³/mol. The fourth-order valence-corrected chi connectivity index (χ4v) is 4.50. The summed E-state index contributed by atoms with van der Waals surface area (Å²) in [5, 5.41) is 4.26. The van der Waals surface area contributed by atoms with Crippen molar-refractivity contribution in [3.63, 3.8) is 0 Å². The van der Waals surface area contributed by atoms with Gasteiger partial charge in [0.1, 0.15) is 5.69 Å². The number of rotatable bonds is 4. The number of hydrogen-bond acceptors (Lipinski definition) is 3. The van der Waals surface area contributed by atoms with Gasteiger partial charge in [0.2, 0.25) is 0 Å². The summed E-state index contributed by atoms with van der Waals surface area (Å²) in [5.74, 6) is 1.74. The van der Waals surface area contributed by atoms with Gasteiger partial charge in [0.15, 0.2) is 0 Å². The van der Waals surface area contributed by atoms with Gasteiger partial charge >= 0.3 is 0 Å². The second-order valence-corrected chi connectivity index (χ2v) is 7.59. The zero-order valence-corrected chi connectivity index (χ0v) is 14.2. The van der Waals surface area contributed by atoms with E-state index in [-0.39, 0.29) is 5.91 Å². The molecule has 2 bridgehead atoms. The van der Waals surface area contributed by atoms with Gasteiger partial charge in [-0.3, -0.25) is 14.4 Å². The first-order valence-electron chi connectivity index (χ1n) is 9.29.